The van der Waals surface area contributed by atoms with Crippen molar-refractivity contribution in [2.45, 2.75) is 12.8 Å². The quantitative estimate of drug-likeness (QED) is 0.588. The Kier molecular flexibility index (Phi) is 6.31. The highest BCUT2D eigenvalue weighted by molar-refractivity contribution is 7.22. The molecule has 4 nitrogen and oxygen atoms in total. The molecule has 8 heteroatoms. The van der Waals surface area contributed by atoms with Crippen molar-refractivity contribution in [1.29, 1.82) is 0 Å². The lowest BCUT2D eigenvalue weighted by Gasteiger charge is -2.21. The number of hydrogen-bond acceptors (Lipinski definition) is 4. The van der Waals surface area contributed by atoms with Crippen LogP contribution in [0.4, 0.5) is 18.3 Å². The number of benzene rings is 2. The highest BCUT2D eigenvalue weighted by Crippen LogP contribution is 2.31. The topological polar surface area (TPSA) is 36.4 Å². The van der Waals surface area contributed by atoms with Gasteiger partial charge in [-0.1, -0.05) is 23.5 Å². The van der Waals surface area contributed by atoms with E-state index in [0.29, 0.717) is 28.4 Å². The zero-order valence-electron chi connectivity index (χ0n) is 15.6. The lowest BCUT2D eigenvalue weighted by Crippen LogP contribution is -2.34. The summed E-state index contributed by atoms with van der Waals surface area (Å²) in [4.78, 5) is 20.6. The van der Waals surface area contributed by atoms with E-state index in [1.165, 1.54) is 23.1 Å². The molecule has 0 saturated heterocycles. The van der Waals surface area contributed by atoms with Gasteiger partial charge in [-0.25, -0.2) is 18.2 Å². The van der Waals surface area contributed by atoms with E-state index >= 15 is 0 Å². The summed E-state index contributed by atoms with van der Waals surface area (Å²) in [6, 6.07) is 7.70. The van der Waals surface area contributed by atoms with Crippen LogP contribution in [0.1, 0.15) is 12.0 Å². The molecule has 1 aromatic heterocycles. The molecule has 0 spiro atoms. The molecule has 3 rings (SSSR count). The van der Waals surface area contributed by atoms with Crippen LogP contribution in [0.3, 0.4) is 0 Å². The smallest absolute Gasteiger partial charge is 0.233 e. The van der Waals surface area contributed by atoms with Gasteiger partial charge in [0.05, 0.1) is 11.1 Å². The lowest BCUT2D eigenvalue weighted by molar-refractivity contribution is -0.118. The van der Waals surface area contributed by atoms with Gasteiger partial charge in [-0.2, -0.15) is 0 Å². The van der Waals surface area contributed by atoms with E-state index in [1.807, 2.05) is 19.0 Å². The number of rotatable bonds is 7. The van der Waals surface area contributed by atoms with Crippen LogP contribution in [-0.2, 0) is 11.2 Å². The van der Waals surface area contributed by atoms with Crippen LogP contribution < -0.4 is 4.90 Å². The summed E-state index contributed by atoms with van der Waals surface area (Å²) in [5.41, 5.74) is 0.718. The maximum absolute atomic E-state index is 14.0. The summed E-state index contributed by atoms with van der Waals surface area (Å²) in [5, 5.41) is 0.324. The third-order valence-electron chi connectivity index (χ3n) is 4.19. The first-order valence-electron chi connectivity index (χ1n) is 8.78. The molecule has 0 bridgehead atoms. The maximum atomic E-state index is 14.0. The van der Waals surface area contributed by atoms with Gasteiger partial charge in [-0.15, -0.1) is 0 Å². The molecule has 2 aromatic carbocycles. The second-order valence-electron chi connectivity index (χ2n) is 6.74. The first-order valence-corrected chi connectivity index (χ1v) is 9.60. The first-order chi connectivity index (χ1) is 13.3. The van der Waals surface area contributed by atoms with Gasteiger partial charge >= 0.3 is 0 Å². The molecule has 1 amide bonds. The van der Waals surface area contributed by atoms with Gasteiger partial charge in [-0.3, -0.25) is 9.69 Å². The average Bonchev–Trinajstić information content (AvgIpc) is 3.04. The van der Waals surface area contributed by atoms with Gasteiger partial charge in [0.2, 0.25) is 5.91 Å². The molecule has 0 fully saturated rings. The van der Waals surface area contributed by atoms with E-state index in [9.17, 15) is 18.0 Å². The minimum absolute atomic E-state index is 0.0496. The van der Waals surface area contributed by atoms with E-state index in [-0.39, 0.29) is 23.7 Å². The Bertz CT molecular complexity index is 973. The third kappa shape index (κ3) is 4.88. The fourth-order valence-electron chi connectivity index (χ4n) is 2.81. The van der Waals surface area contributed by atoms with E-state index in [4.69, 9.17) is 0 Å². The van der Waals surface area contributed by atoms with Crippen molar-refractivity contribution < 1.29 is 18.0 Å². The second kappa shape index (κ2) is 8.70. The molecule has 0 aliphatic rings. The number of hydrogen-bond donors (Lipinski definition) is 0. The van der Waals surface area contributed by atoms with Crippen LogP contribution in [0.5, 0.6) is 0 Å². The van der Waals surface area contributed by atoms with Crippen molar-refractivity contribution in [3.63, 3.8) is 0 Å². The summed E-state index contributed by atoms with van der Waals surface area (Å²) in [6.07, 6.45) is 0.754. The van der Waals surface area contributed by atoms with Crippen LogP contribution >= 0.6 is 11.3 Å². The van der Waals surface area contributed by atoms with E-state index in [2.05, 4.69) is 4.98 Å². The molecule has 1 heterocycles. The predicted molar refractivity (Wildman–Crippen MR) is 105 cm³/mol. The Morgan fingerprint density at radius 1 is 1.04 bits per heavy atom. The minimum Gasteiger partial charge on any atom is -0.309 e. The lowest BCUT2D eigenvalue weighted by atomic mass is 10.1. The van der Waals surface area contributed by atoms with E-state index in [1.54, 1.807) is 12.1 Å². The Labute approximate surface area is 165 Å². The molecule has 0 saturated carbocycles. The monoisotopic (exact) mass is 407 g/mol. The van der Waals surface area contributed by atoms with Crippen molar-refractivity contribution in [1.82, 2.24) is 9.88 Å². The largest absolute Gasteiger partial charge is 0.309 e. The number of halogens is 3. The number of fused-ring (bicyclic) bond motifs is 1. The standard InChI is InChI=1S/C20H20F3N3OS/c1-25(2)8-3-9-26(18(27)10-13-4-6-14(21)7-5-13)20-24-19-16(23)11-15(22)12-17(19)28-20/h4-7,11-12H,3,8-10H2,1-2H3. The Hall–Kier alpha value is -2.45. The summed E-state index contributed by atoms with van der Waals surface area (Å²) < 4.78 is 41.0. The highest BCUT2D eigenvalue weighted by atomic mass is 32.1. The van der Waals surface area contributed by atoms with E-state index in [0.717, 1.165) is 23.9 Å². The molecule has 3 aromatic rings. The molecule has 148 valence electrons. The summed E-state index contributed by atoms with van der Waals surface area (Å²) in [7, 11) is 3.86. The number of carbonyl (C=O) groups is 1. The molecular formula is C20H20F3N3OS. The average molecular weight is 407 g/mol. The fourth-order valence-corrected chi connectivity index (χ4v) is 3.85. The fraction of sp³-hybridized carbons (Fsp3) is 0.300. The second-order valence-corrected chi connectivity index (χ2v) is 7.75. The number of amides is 1. The Morgan fingerprint density at radius 2 is 1.75 bits per heavy atom. The predicted octanol–water partition coefficient (Wildman–Crippen LogP) is 4.24. The number of nitrogens with zero attached hydrogens (tertiary/aromatic N) is 3. The van der Waals surface area contributed by atoms with Crippen LogP contribution in [0.15, 0.2) is 36.4 Å². The minimum atomic E-state index is -0.753. The first kappa shape index (κ1) is 20.3. The van der Waals surface area contributed by atoms with Gasteiger partial charge < -0.3 is 4.90 Å². The molecule has 0 aliphatic heterocycles. The zero-order chi connectivity index (χ0) is 20.3. The van der Waals surface area contributed by atoms with Crippen molar-refractivity contribution in [2.75, 3.05) is 32.1 Å². The molecule has 28 heavy (non-hydrogen) atoms. The number of anilines is 1. The highest BCUT2D eigenvalue weighted by Gasteiger charge is 2.21. The van der Waals surface area contributed by atoms with Crippen molar-refractivity contribution in [3.8, 4) is 0 Å². The van der Waals surface area contributed by atoms with Gasteiger partial charge in [-0.05, 0) is 50.8 Å². The summed E-state index contributed by atoms with van der Waals surface area (Å²) >= 11 is 1.07. The third-order valence-corrected chi connectivity index (χ3v) is 5.21. The number of carbonyl (C=O) groups excluding carboxylic acids is 1. The molecule has 0 N–H and O–H groups in total. The number of thiazole rings is 1. The maximum Gasteiger partial charge on any atom is 0.233 e. The SMILES string of the molecule is CN(C)CCCN(C(=O)Cc1ccc(F)cc1)c1nc2c(F)cc(F)cc2s1. The van der Waals surface area contributed by atoms with E-state index < -0.39 is 11.6 Å². The van der Waals surface area contributed by atoms with Crippen LogP contribution in [0.25, 0.3) is 10.2 Å². The van der Waals surface area contributed by atoms with Crippen LogP contribution in [0.2, 0.25) is 0 Å². The van der Waals surface area contributed by atoms with Crippen molar-refractivity contribution in [2.24, 2.45) is 0 Å². The molecule has 0 atom stereocenters. The molecule has 0 aliphatic carbocycles. The Balaban J connectivity index is 1.88. The van der Waals surface area contributed by atoms with Gasteiger partial charge in [0, 0.05) is 12.6 Å². The van der Waals surface area contributed by atoms with Crippen LogP contribution in [0, 0.1) is 17.5 Å². The molecular weight excluding hydrogens is 387 g/mol. The zero-order valence-corrected chi connectivity index (χ0v) is 16.4. The van der Waals surface area contributed by atoms with Crippen molar-refractivity contribution >= 4 is 32.6 Å². The van der Waals surface area contributed by atoms with Crippen LogP contribution in [-0.4, -0.2) is 43.0 Å². The van der Waals surface area contributed by atoms with Gasteiger partial charge in [0.1, 0.15) is 17.2 Å². The van der Waals surface area contributed by atoms with Gasteiger partial charge in [0.15, 0.2) is 10.9 Å². The summed E-state index contributed by atoms with van der Waals surface area (Å²) in [6.45, 7) is 1.15. The molecule has 0 radical (unpaired) electrons. The normalized spacial score (nSPS) is 11.4. The summed E-state index contributed by atoms with van der Waals surface area (Å²) in [5.74, 6) is -2.04. The molecule has 0 unspecified atom stereocenters. The van der Waals surface area contributed by atoms with Gasteiger partial charge in [0.25, 0.3) is 0 Å². The number of aromatic nitrogens is 1. The Morgan fingerprint density at radius 3 is 2.43 bits per heavy atom. The van der Waals surface area contributed by atoms with Crippen molar-refractivity contribution in [3.05, 3.63) is 59.4 Å².